The van der Waals surface area contributed by atoms with E-state index in [9.17, 15) is 18.4 Å². The smallest absolute Gasteiger partial charge is 0.298 e. The predicted molar refractivity (Wildman–Crippen MR) is 88.1 cm³/mol. The zero-order valence-corrected chi connectivity index (χ0v) is 13.5. The van der Waals surface area contributed by atoms with Crippen molar-refractivity contribution in [1.29, 1.82) is 5.26 Å². The van der Waals surface area contributed by atoms with Crippen LogP contribution in [0.1, 0.15) is 10.4 Å². The molecule has 1 aliphatic heterocycles. The first-order chi connectivity index (χ1) is 12.4. The Kier molecular flexibility index (Phi) is 4.63. The minimum Gasteiger partial charge on any atom is -0.343 e. The summed E-state index contributed by atoms with van der Waals surface area (Å²) in [5.41, 5.74) is 1.68. The summed E-state index contributed by atoms with van der Waals surface area (Å²) in [7, 11) is 0. The lowest BCUT2D eigenvalue weighted by molar-refractivity contribution is -0.180. The summed E-state index contributed by atoms with van der Waals surface area (Å²) in [6.45, 7) is -1.28. The highest BCUT2D eigenvalue weighted by atomic mass is 19.3. The molecule has 0 radical (unpaired) electrons. The molecule has 3 rings (SSSR count). The van der Waals surface area contributed by atoms with Crippen molar-refractivity contribution in [3.63, 3.8) is 0 Å². The first-order valence-corrected chi connectivity index (χ1v) is 7.78. The van der Waals surface area contributed by atoms with Gasteiger partial charge in [-0.25, -0.2) is 8.78 Å². The Balaban J connectivity index is 1.69. The lowest BCUT2D eigenvalue weighted by Crippen LogP contribution is -2.67. The second-order valence-electron chi connectivity index (χ2n) is 5.78. The average molecular weight is 356 g/mol. The molecule has 1 N–H and O–H groups in total. The number of amides is 2. The van der Waals surface area contributed by atoms with Crippen LogP contribution in [-0.2, 0) is 4.79 Å². The van der Waals surface area contributed by atoms with Gasteiger partial charge in [0.1, 0.15) is 0 Å². The van der Waals surface area contributed by atoms with Crippen molar-refractivity contribution >= 4 is 11.8 Å². The number of hydrogen-bond donors (Lipinski definition) is 1. The number of nitriles is 1. The largest absolute Gasteiger partial charge is 0.343 e. The van der Waals surface area contributed by atoms with Gasteiger partial charge in [0.25, 0.3) is 11.8 Å². The monoisotopic (exact) mass is 356 g/mol. The molecule has 132 valence electrons. The van der Waals surface area contributed by atoms with Gasteiger partial charge in [0.2, 0.25) is 5.91 Å². The van der Waals surface area contributed by atoms with Gasteiger partial charge in [0.15, 0.2) is 6.04 Å². The Labute approximate surface area is 148 Å². The van der Waals surface area contributed by atoms with E-state index in [1.165, 1.54) is 24.5 Å². The van der Waals surface area contributed by atoms with Gasteiger partial charge >= 0.3 is 0 Å². The molecule has 1 atom stereocenters. The Morgan fingerprint density at radius 1 is 1.31 bits per heavy atom. The number of likely N-dealkylation sites (tertiary alicyclic amines) is 1. The van der Waals surface area contributed by atoms with Crippen LogP contribution < -0.4 is 5.32 Å². The molecule has 1 aromatic heterocycles. The molecule has 1 saturated heterocycles. The van der Waals surface area contributed by atoms with Crippen molar-refractivity contribution in [2.24, 2.45) is 0 Å². The average Bonchev–Trinajstić information content (AvgIpc) is 2.65. The van der Waals surface area contributed by atoms with Gasteiger partial charge in [-0.05, 0) is 11.6 Å². The number of nitrogens with one attached hydrogen (secondary N) is 1. The number of pyridine rings is 1. The quantitative estimate of drug-likeness (QED) is 0.906. The minimum absolute atomic E-state index is 0.310. The Bertz CT molecular complexity index is 880. The first-order valence-electron chi connectivity index (χ1n) is 7.78. The van der Waals surface area contributed by atoms with Gasteiger partial charge in [0, 0.05) is 18.0 Å². The molecule has 6 nitrogen and oxygen atoms in total. The van der Waals surface area contributed by atoms with Crippen molar-refractivity contribution < 1.29 is 18.4 Å². The molecule has 1 aromatic carbocycles. The zero-order chi connectivity index (χ0) is 18.7. The lowest BCUT2D eigenvalue weighted by Gasteiger charge is -2.43. The minimum atomic E-state index is -3.21. The second kappa shape index (κ2) is 6.88. The van der Waals surface area contributed by atoms with E-state index >= 15 is 0 Å². The Morgan fingerprint density at radius 3 is 2.69 bits per heavy atom. The Hall–Kier alpha value is -3.34. The van der Waals surface area contributed by atoms with Crippen LogP contribution in [0.25, 0.3) is 11.1 Å². The number of benzene rings is 1. The van der Waals surface area contributed by atoms with Crippen molar-refractivity contribution in [1.82, 2.24) is 15.2 Å². The third-order valence-electron chi connectivity index (χ3n) is 4.09. The summed E-state index contributed by atoms with van der Waals surface area (Å²) in [5, 5.41) is 11.2. The summed E-state index contributed by atoms with van der Waals surface area (Å²) in [5.74, 6) is -4.47. The topological polar surface area (TPSA) is 86.1 Å². The van der Waals surface area contributed by atoms with E-state index in [4.69, 9.17) is 5.26 Å². The van der Waals surface area contributed by atoms with Crippen LogP contribution in [0.3, 0.4) is 0 Å². The van der Waals surface area contributed by atoms with Gasteiger partial charge in [-0.1, -0.05) is 30.3 Å². The molecule has 1 aliphatic rings. The molecule has 2 aromatic rings. The van der Waals surface area contributed by atoms with Gasteiger partial charge in [0.05, 0.1) is 24.7 Å². The number of hydrogen-bond acceptors (Lipinski definition) is 4. The molecule has 2 heterocycles. The normalized spacial score (nSPS) is 17.7. The van der Waals surface area contributed by atoms with Crippen LogP contribution in [-0.4, -0.2) is 46.8 Å². The molecule has 0 saturated carbocycles. The second-order valence-corrected chi connectivity index (χ2v) is 5.78. The SMILES string of the molecule is N#CC1N(C(=O)CNC(=O)c2ccncc2-c2ccccc2)CC1(F)F. The summed E-state index contributed by atoms with van der Waals surface area (Å²) >= 11 is 0. The lowest BCUT2D eigenvalue weighted by atomic mass is 9.99. The Morgan fingerprint density at radius 2 is 2.04 bits per heavy atom. The maximum absolute atomic E-state index is 13.2. The van der Waals surface area contributed by atoms with E-state index < -0.39 is 36.9 Å². The highest BCUT2D eigenvalue weighted by Crippen LogP contribution is 2.34. The molecule has 2 amide bonds. The van der Waals surface area contributed by atoms with Crippen LogP contribution in [0, 0.1) is 11.3 Å². The van der Waals surface area contributed by atoms with Gasteiger partial charge in [-0.15, -0.1) is 0 Å². The van der Waals surface area contributed by atoms with Crippen molar-refractivity contribution in [2.75, 3.05) is 13.1 Å². The van der Waals surface area contributed by atoms with E-state index in [-0.39, 0.29) is 0 Å². The summed E-state index contributed by atoms with van der Waals surface area (Å²) in [6, 6.07) is 10.2. The van der Waals surface area contributed by atoms with Crippen molar-refractivity contribution in [3.8, 4) is 17.2 Å². The first kappa shape index (κ1) is 17.5. The van der Waals surface area contributed by atoms with E-state index in [1.54, 1.807) is 0 Å². The fourth-order valence-corrected chi connectivity index (χ4v) is 2.71. The van der Waals surface area contributed by atoms with Crippen LogP contribution in [0.4, 0.5) is 8.78 Å². The van der Waals surface area contributed by atoms with Crippen LogP contribution >= 0.6 is 0 Å². The fourth-order valence-electron chi connectivity index (χ4n) is 2.71. The third-order valence-corrected chi connectivity index (χ3v) is 4.09. The molecular weight excluding hydrogens is 342 g/mol. The fraction of sp³-hybridized carbons (Fsp3) is 0.222. The molecule has 0 aliphatic carbocycles. The molecule has 0 bridgehead atoms. The van der Waals surface area contributed by atoms with Crippen LogP contribution in [0.5, 0.6) is 0 Å². The highest BCUT2D eigenvalue weighted by molar-refractivity contribution is 6.02. The number of carbonyl (C=O) groups is 2. The zero-order valence-electron chi connectivity index (χ0n) is 13.5. The summed E-state index contributed by atoms with van der Waals surface area (Å²) in [4.78, 5) is 29.2. The molecule has 0 spiro atoms. The predicted octanol–water partition coefficient (Wildman–Crippen LogP) is 1.85. The molecular formula is C18H14F2N4O2. The molecule has 26 heavy (non-hydrogen) atoms. The molecule has 1 fully saturated rings. The maximum Gasteiger partial charge on any atom is 0.298 e. The third kappa shape index (κ3) is 3.24. The number of aromatic nitrogens is 1. The van der Waals surface area contributed by atoms with E-state index in [2.05, 4.69) is 10.3 Å². The van der Waals surface area contributed by atoms with Crippen LogP contribution in [0.15, 0.2) is 48.8 Å². The molecule has 8 heteroatoms. The number of rotatable bonds is 4. The van der Waals surface area contributed by atoms with Gasteiger partial charge in [-0.2, -0.15) is 5.26 Å². The van der Waals surface area contributed by atoms with Crippen LogP contribution in [0.2, 0.25) is 0 Å². The van der Waals surface area contributed by atoms with E-state index in [0.717, 1.165) is 10.5 Å². The maximum atomic E-state index is 13.2. The number of carbonyl (C=O) groups excluding carboxylic acids is 2. The van der Waals surface area contributed by atoms with E-state index in [1.807, 2.05) is 30.3 Å². The molecule has 1 unspecified atom stereocenters. The highest BCUT2D eigenvalue weighted by Gasteiger charge is 2.57. The number of nitrogens with zero attached hydrogens (tertiary/aromatic N) is 3. The van der Waals surface area contributed by atoms with E-state index in [0.29, 0.717) is 11.1 Å². The van der Waals surface area contributed by atoms with Gasteiger partial charge < -0.3 is 10.2 Å². The van der Waals surface area contributed by atoms with Gasteiger partial charge in [-0.3, -0.25) is 14.6 Å². The number of alkyl halides is 2. The van der Waals surface area contributed by atoms with Crippen molar-refractivity contribution in [2.45, 2.75) is 12.0 Å². The standard InChI is InChI=1S/C18H14F2N4O2/c19-18(20)11-24(15(18)8-21)16(25)10-23-17(26)13-6-7-22-9-14(13)12-4-2-1-3-5-12/h1-7,9,15H,10-11H2,(H,23,26). The number of halogens is 2. The van der Waals surface area contributed by atoms with Crippen molar-refractivity contribution in [3.05, 3.63) is 54.4 Å². The summed E-state index contributed by atoms with van der Waals surface area (Å²) < 4.78 is 26.4. The summed E-state index contributed by atoms with van der Waals surface area (Å²) in [6.07, 6.45) is 2.98.